The summed E-state index contributed by atoms with van der Waals surface area (Å²) in [6, 6.07) is 10.6. The standard InChI is InChI=1S/C37H45ClF2N4O6S/c1-23-5-3-7-32(48-2)29-11-8-26(29)17-44-21-37(14-4-6-24-15-27(38)10-12-30(24)37)22-49-33-13-9-25(16-31(33)44)34(45)41-51(47,20-23)42-36(46)43-18-28(19-43)50-35(39)40/h3,7,9-10,12-13,15-16,23,26,28-29,32,35H,4-6,8,11,14,17-22H2,1-2H3,(H,41,42,45,46,47)/b7-3+/t23-,26-,29+,32-,37-,51?/m0/s1. The Morgan fingerprint density at radius 2 is 2.00 bits per heavy atom. The van der Waals surface area contributed by atoms with Crippen molar-refractivity contribution in [3.63, 3.8) is 0 Å². The van der Waals surface area contributed by atoms with Crippen LogP contribution in [0.15, 0.2) is 52.9 Å². The number of ether oxygens (including phenoxy) is 3. The van der Waals surface area contributed by atoms with Gasteiger partial charge >= 0.3 is 12.6 Å². The second-order valence-corrected chi connectivity index (χ2v) is 17.2. The summed E-state index contributed by atoms with van der Waals surface area (Å²) in [5.41, 5.74) is 3.18. The third-order valence-electron chi connectivity index (χ3n) is 11.2. The molecule has 276 valence electrons. The van der Waals surface area contributed by atoms with Gasteiger partial charge in [0, 0.05) is 36.2 Å². The number of amides is 3. The second kappa shape index (κ2) is 14.6. The molecule has 5 aliphatic rings. The van der Waals surface area contributed by atoms with Crippen LogP contribution in [0.4, 0.5) is 19.3 Å². The number of carbonyl (C=O) groups is 2. The first-order chi connectivity index (χ1) is 24.4. The lowest BCUT2D eigenvalue weighted by molar-refractivity contribution is -0.189. The van der Waals surface area contributed by atoms with E-state index in [4.69, 9.17) is 21.1 Å². The van der Waals surface area contributed by atoms with Crippen LogP contribution in [0.25, 0.3) is 0 Å². The van der Waals surface area contributed by atoms with Gasteiger partial charge in [-0.3, -0.25) is 9.52 Å². The predicted octanol–water partition coefficient (Wildman–Crippen LogP) is 6.61. The maximum absolute atomic E-state index is 14.4. The van der Waals surface area contributed by atoms with Gasteiger partial charge in [0.15, 0.2) is 0 Å². The number of allylic oxidation sites excluding steroid dienone is 1. The van der Waals surface area contributed by atoms with Crippen LogP contribution in [-0.4, -0.2) is 85.5 Å². The highest BCUT2D eigenvalue weighted by atomic mass is 35.5. The van der Waals surface area contributed by atoms with Crippen LogP contribution in [0.3, 0.4) is 0 Å². The van der Waals surface area contributed by atoms with Crippen molar-refractivity contribution in [3.05, 3.63) is 70.3 Å². The van der Waals surface area contributed by atoms with Crippen molar-refractivity contribution in [3.8, 4) is 5.75 Å². The molecule has 14 heteroatoms. The van der Waals surface area contributed by atoms with Crippen molar-refractivity contribution in [1.29, 1.82) is 0 Å². The molecule has 51 heavy (non-hydrogen) atoms. The summed E-state index contributed by atoms with van der Waals surface area (Å²) < 4.78 is 63.4. The molecule has 3 amide bonds. The maximum atomic E-state index is 14.4. The Labute approximate surface area is 303 Å². The summed E-state index contributed by atoms with van der Waals surface area (Å²) in [5, 5.41) is 0.716. The number of rotatable bonds is 4. The zero-order valence-corrected chi connectivity index (χ0v) is 30.5. The number of hydrogen-bond donors (Lipinski definition) is 1. The largest absolute Gasteiger partial charge is 0.490 e. The third kappa shape index (κ3) is 7.63. The average Bonchev–Trinajstić information content (AvgIpc) is 3.19. The minimum absolute atomic E-state index is 0.0852. The van der Waals surface area contributed by atoms with E-state index in [9.17, 15) is 22.6 Å². The van der Waals surface area contributed by atoms with Crippen LogP contribution in [0.1, 0.15) is 60.5 Å². The summed E-state index contributed by atoms with van der Waals surface area (Å²) in [4.78, 5) is 30.6. The van der Waals surface area contributed by atoms with Gasteiger partial charge in [-0.1, -0.05) is 36.7 Å². The van der Waals surface area contributed by atoms with Gasteiger partial charge < -0.3 is 24.0 Å². The van der Waals surface area contributed by atoms with Crippen LogP contribution in [0.5, 0.6) is 5.75 Å². The van der Waals surface area contributed by atoms with Gasteiger partial charge in [0.25, 0.3) is 5.91 Å². The number of benzene rings is 2. The molecule has 0 radical (unpaired) electrons. The highest BCUT2D eigenvalue weighted by Crippen LogP contribution is 2.47. The van der Waals surface area contributed by atoms with Crippen molar-refractivity contribution >= 4 is 39.1 Å². The van der Waals surface area contributed by atoms with E-state index < -0.39 is 34.6 Å². The molecule has 2 bridgehead atoms. The number of hydrogen-bond acceptors (Lipinski definition) is 7. The van der Waals surface area contributed by atoms with E-state index in [0.717, 1.165) is 44.3 Å². The summed E-state index contributed by atoms with van der Waals surface area (Å²) in [5.74, 6) is 0.276. The fourth-order valence-electron chi connectivity index (χ4n) is 8.40. The summed E-state index contributed by atoms with van der Waals surface area (Å²) in [7, 11) is -1.90. The average molecular weight is 747 g/mol. The number of halogens is 3. The van der Waals surface area contributed by atoms with Crippen LogP contribution in [-0.2, 0) is 31.2 Å². The van der Waals surface area contributed by atoms with Gasteiger partial charge in [-0.25, -0.2) is 9.00 Å². The van der Waals surface area contributed by atoms with Crippen molar-refractivity contribution in [2.75, 3.05) is 50.5 Å². The van der Waals surface area contributed by atoms with Gasteiger partial charge in [-0.15, -0.1) is 4.36 Å². The molecule has 2 aliphatic carbocycles. The SMILES string of the molecule is CO[C@H]1/C=C/C[C@H](C)CS(=O)(NC(=O)N2CC(OC(F)F)C2)=NC(=O)c2ccc3c(c2)N(C[C@@H]2CC[C@H]21)C[C@@]1(CCCc2cc(Cl)ccc21)CO3. The number of fused-ring (bicyclic) bond motifs is 4. The van der Waals surface area contributed by atoms with Crippen molar-refractivity contribution in [2.24, 2.45) is 22.1 Å². The maximum Gasteiger partial charge on any atom is 0.345 e. The molecule has 7 rings (SSSR count). The Morgan fingerprint density at radius 1 is 1.18 bits per heavy atom. The van der Waals surface area contributed by atoms with Crippen LogP contribution in [0, 0.1) is 17.8 Å². The third-order valence-corrected chi connectivity index (χ3v) is 13.4. The van der Waals surface area contributed by atoms with E-state index in [0.29, 0.717) is 42.2 Å². The van der Waals surface area contributed by atoms with E-state index in [1.807, 2.05) is 19.1 Å². The molecular formula is C37H45ClF2N4O6S. The molecule has 2 fully saturated rings. The number of anilines is 1. The molecule has 1 unspecified atom stereocenters. The number of aryl methyl sites for hydroxylation is 1. The summed E-state index contributed by atoms with van der Waals surface area (Å²) >= 11 is 6.43. The normalized spacial score (nSPS) is 31.7. The zero-order valence-electron chi connectivity index (χ0n) is 28.9. The van der Waals surface area contributed by atoms with Crippen LogP contribution < -0.4 is 14.4 Å². The molecule has 3 heterocycles. The summed E-state index contributed by atoms with van der Waals surface area (Å²) in [6.07, 6.45) is 8.68. The molecule has 1 N–H and O–H groups in total. The molecule has 0 aromatic heterocycles. The van der Waals surface area contributed by atoms with E-state index in [-0.39, 0.29) is 41.8 Å². The van der Waals surface area contributed by atoms with Crippen LogP contribution >= 0.6 is 11.6 Å². The van der Waals surface area contributed by atoms with E-state index in [1.165, 1.54) is 16.0 Å². The van der Waals surface area contributed by atoms with Gasteiger partial charge in [-0.05, 0) is 97.7 Å². The zero-order chi connectivity index (χ0) is 35.9. The second-order valence-electron chi connectivity index (χ2n) is 14.8. The number of methoxy groups -OCH3 is 1. The minimum atomic E-state index is -3.63. The highest BCUT2D eigenvalue weighted by molar-refractivity contribution is 7.92. The van der Waals surface area contributed by atoms with Crippen molar-refractivity contribution in [2.45, 2.75) is 69.7 Å². The summed E-state index contributed by atoms with van der Waals surface area (Å²) in [6.45, 7) is 0.645. The van der Waals surface area contributed by atoms with Crippen LogP contribution in [0.2, 0.25) is 5.02 Å². The molecular weight excluding hydrogens is 702 g/mol. The Hall–Kier alpha value is -3.26. The fourth-order valence-corrected chi connectivity index (χ4v) is 10.5. The molecule has 1 saturated heterocycles. The lowest BCUT2D eigenvalue weighted by Gasteiger charge is -2.46. The number of nitrogens with zero attached hydrogens (tertiary/aromatic N) is 3. The van der Waals surface area contributed by atoms with Gasteiger partial charge in [0.1, 0.15) is 15.7 Å². The number of carbonyl (C=O) groups excluding carboxylic acids is 2. The smallest absolute Gasteiger partial charge is 0.345 e. The molecule has 2 aromatic rings. The molecule has 2 aromatic carbocycles. The predicted molar refractivity (Wildman–Crippen MR) is 191 cm³/mol. The minimum Gasteiger partial charge on any atom is -0.490 e. The van der Waals surface area contributed by atoms with Gasteiger partial charge in [-0.2, -0.15) is 8.78 Å². The number of urea groups is 1. The number of likely N-dealkylation sites (tertiary alicyclic amines) is 1. The fraction of sp³-hybridized carbons (Fsp3) is 0.568. The molecule has 1 saturated carbocycles. The first kappa shape index (κ1) is 36.1. The van der Waals surface area contributed by atoms with E-state index in [1.54, 1.807) is 25.3 Å². The molecule has 3 aliphatic heterocycles. The molecule has 10 nitrogen and oxygen atoms in total. The van der Waals surface area contributed by atoms with E-state index >= 15 is 0 Å². The van der Waals surface area contributed by atoms with Gasteiger partial charge in [0.05, 0.1) is 43.3 Å². The Bertz CT molecular complexity index is 1810. The highest BCUT2D eigenvalue weighted by Gasteiger charge is 2.44. The Morgan fingerprint density at radius 3 is 2.75 bits per heavy atom. The lowest BCUT2D eigenvalue weighted by atomic mass is 9.68. The number of nitrogens with one attached hydrogen (secondary N) is 1. The van der Waals surface area contributed by atoms with E-state index in [2.05, 4.69) is 36.9 Å². The molecule has 6 atom stereocenters. The van der Waals surface area contributed by atoms with Gasteiger partial charge in [0.2, 0.25) is 0 Å². The first-order valence-electron chi connectivity index (χ1n) is 17.7. The first-order valence-corrected chi connectivity index (χ1v) is 19.8. The molecule has 1 spiro atoms. The quantitative estimate of drug-likeness (QED) is 0.351. The van der Waals surface area contributed by atoms with Crippen molar-refractivity contribution in [1.82, 2.24) is 9.62 Å². The topological polar surface area (TPSA) is 110 Å². The number of alkyl halides is 2. The lowest BCUT2D eigenvalue weighted by Crippen LogP contribution is -2.59. The Balaban J connectivity index is 1.25. The Kier molecular flexibility index (Phi) is 10.4. The monoisotopic (exact) mass is 746 g/mol. The van der Waals surface area contributed by atoms with Crippen molar-refractivity contribution < 1.29 is 36.8 Å².